The summed E-state index contributed by atoms with van der Waals surface area (Å²) in [5.41, 5.74) is 4.35. The molecule has 0 aliphatic carbocycles. The lowest BCUT2D eigenvalue weighted by atomic mass is 10.2. The second kappa shape index (κ2) is 8.87. The van der Waals surface area contributed by atoms with Crippen LogP contribution in [0.25, 0.3) is 0 Å². The highest BCUT2D eigenvalue weighted by Crippen LogP contribution is 2.07. The summed E-state index contributed by atoms with van der Waals surface area (Å²) in [6.07, 6.45) is 0. The largest absolute Gasteiger partial charge is 0.338 e. The van der Waals surface area contributed by atoms with Gasteiger partial charge in [-0.25, -0.2) is 4.79 Å². The predicted molar refractivity (Wildman–Crippen MR) is 103 cm³/mol. The third kappa shape index (κ3) is 5.89. The molecule has 0 aliphatic rings. The smallest absolute Gasteiger partial charge is 0.314 e. The van der Waals surface area contributed by atoms with Gasteiger partial charge in [0.05, 0.1) is 11.4 Å². The Hall–Kier alpha value is -2.31. The van der Waals surface area contributed by atoms with Crippen molar-refractivity contribution in [3.63, 3.8) is 0 Å². The molecular formula is C19H32N6O. The summed E-state index contributed by atoms with van der Waals surface area (Å²) in [6, 6.07) is 4.01. The van der Waals surface area contributed by atoms with E-state index < -0.39 is 0 Å². The normalized spacial score (nSPS) is 13.5. The van der Waals surface area contributed by atoms with E-state index in [0.717, 1.165) is 35.9 Å². The summed E-state index contributed by atoms with van der Waals surface area (Å²) in [4.78, 5) is 12.0. The van der Waals surface area contributed by atoms with Crippen molar-refractivity contribution in [2.45, 2.75) is 54.6 Å². The molecule has 0 aliphatic heterocycles. The highest BCUT2D eigenvalue weighted by molar-refractivity contribution is 5.73. The molecule has 0 saturated heterocycles. The molecule has 0 fully saturated rings. The van der Waals surface area contributed by atoms with E-state index in [1.165, 1.54) is 0 Å². The van der Waals surface area contributed by atoms with Gasteiger partial charge in [-0.15, -0.1) is 0 Å². The maximum absolute atomic E-state index is 12.0. The van der Waals surface area contributed by atoms with Crippen LogP contribution in [0.2, 0.25) is 0 Å². The minimum absolute atomic E-state index is 0.120. The van der Waals surface area contributed by atoms with Gasteiger partial charge in [0.2, 0.25) is 0 Å². The van der Waals surface area contributed by atoms with Crippen LogP contribution in [0.4, 0.5) is 4.79 Å². The summed E-state index contributed by atoms with van der Waals surface area (Å²) >= 11 is 0. The Bertz CT molecular complexity index is 672. The number of urea groups is 1. The minimum Gasteiger partial charge on any atom is -0.338 e. The third-order valence-electron chi connectivity index (χ3n) is 4.40. The quantitative estimate of drug-likeness (QED) is 0.760. The molecule has 7 nitrogen and oxygen atoms in total. The summed E-state index contributed by atoms with van der Waals surface area (Å²) in [7, 11) is 0. The highest BCUT2D eigenvalue weighted by Gasteiger charge is 2.11. The van der Waals surface area contributed by atoms with Gasteiger partial charge < -0.3 is 10.6 Å². The molecule has 2 aromatic heterocycles. The molecule has 2 atom stereocenters. The second-order valence-electron chi connectivity index (χ2n) is 7.52. The fourth-order valence-electron chi connectivity index (χ4n) is 3.04. The monoisotopic (exact) mass is 360 g/mol. The highest BCUT2D eigenvalue weighted by atomic mass is 16.2. The third-order valence-corrected chi connectivity index (χ3v) is 4.40. The summed E-state index contributed by atoms with van der Waals surface area (Å²) in [6.45, 7) is 15.2. The summed E-state index contributed by atoms with van der Waals surface area (Å²) < 4.78 is 3.99. The number of rotatable bonds is 8. The van der Waals surface area contributed by atoms with E-state index in [1.807, 2.05) is 23.2 Å². The molecule has 0 spiro atoms. The van der Waals surface area contributed by atoms with Gasteiger partial charge in [0.1, 0.15) is 0 Å². The van der Waals surface area contributed by atoms with E-state index in [0.29, 0.717) is 24.9 Å². The fourth-order valence-corrected chi connectivity index (χ4v) is 3.04. The molecule has 0 radical (unpaired) electrons. The van der Waals surface area contributed by atoms with Crippen LogP contribution in [0, 0.1) is 39.5 Å². The van der Waals surface area contributed by atoms with Crippen molar-refractivity contribution < 1.29 is 4.79 Å². The number of aryl methyl sites for hydroxylation is 4. The molecule has 2 aromatic rings. The maximum Gasteiger partial charge on any atom is 0.314 e. The van der Waals surface area contributed by atoms with Crippen LogP contribution < -0.4 is 10.6 Å². The van der Waals surface area contributed by atoms with Crippen LogP contribution >= 0.6 is 0 Å². The van der Waals surface area contributed by atoms with Gasteiger partial charge in [-0.2, -0.15) is 10.2 Å². The molecule has 2 N–H and O–H groups in total. The van der Waals surface area contributed by atoms with Crippen molar-refractivity contribution in [2.75, 3.05) is 13.1 Å². The molecule has 26 heavy (non-hydrogen) atoms. The summed E-state index contributed by atoms with van der Waals surface area (Å²) in [5.74, 6) is 0.622. The lowest BCUT2D eigenvalue weighted by Gasteiger charge is -2.16. The molecule has 144 valence electrons. The average Bonchev–Trinajstić information content (AvgIpc) is 3.03. The Morgan fingerprint density at radius 3 is 1.58 bits per heavy atom. The Balaban J connectivity index is 1.68. The maximum atomic E-state index is 12.0. The van der Waals surface area contributed by atoms with Crippen LogP contribution in [-0.2, 0) is 13.1 Å². The van der Waals surface area contributed by atoms with Crippen molar-refractivity contribution >= 4 is 6.03 Å². The molecule has 0 bridgehead atoms. The van der Waals surface area contributed by atoms with Crippen LogP contribution in [0.1, 0.15) is 36.6 Å². The van der Waals surface area contributed by atoms with Gasteiger partial charge >= 0.3 is 6.03 Å². The standard InChI is InChI=1S/C19H32N6O/c1-13(11-24-17(5)7-15(3)22-24)9-20-19(26)21-10-14(2)12-25-18(6)8-16(4)23-25/h7-8,13-14H,9-12H2,1-6H3,(H2,20,21,26)/t13-,14-/m0/s1. The number of aromatic nitrogens is 4. The fraction of sp³-hybridized carbons (Fsp3) is 0.632. The molecule has 0 aromatic carbocycles. The van der Waals surface area contributed by atoms with Gasteiger partial charge in [0.15, 0.2) is 0 Å². The topological polar surface area (TPSA) is 76.8 Å². The number of nitrogens with one attached hydrogen (secondary N) is 2. The van der Waals surface area contributed by atoms with Crippen molar-refractivity contribution in [2.24, 2.45) is 11.8 Å². The SMILES string of the molecule is Cc1cc(C)n(C[C@@H](C)CNC(=O)NC[C@H](C)Cn2nc(C)cc2C)n1. The summed E-state index contributed by atoms with van der Waals surface area (Å²) in [5, 5.41) is 14.8. The molecule has 0 saturated carbocycles. The second-order valence-corrected chi connectivity index (χ2v) is 7.52. The Morgan fingerprint density at radius 1 is 0.885 bits per heavy atom. The van der Waals surface area contributed by atoms with Crippen LogP contribution in [0.15, 0.2) is 12.1 Å². The number of amides is 2. The van der Waals surface area contributed by atoms with Gasteiger partial charge in [-0.3, -0.25) is 9.36 Å². The molecule has 2 heterocycles. The lowest BCUT2D eigenvalue weighted by molar-refractivity contribution is 0.236. The molecular weight excluding hydrogens is 328 g/mol. The van der Waals surface area contributed by atoms with Gasteiger partial charge in [0.25, 0.3) is 0 Å². The van der Waals surface area contributed by atoms with E-state index in [1.54, 1.807) is 0 Å². The number of hydrogen-bond acceptors (Lipinski definition) is 3. The number of carbonyl (C=O) groups excluding carboxylic acids is 1. The predicted octanol–water partition coefficient (Wildman–Crippen LogP) is 2.58. The Morgan fingerprint density at radius 2 is 1.27 bits per heavy atom. The molecule has 0 unspecified atom stereocenters. The van der Waals surface area contributed by atoms with E-state index in [4.69, 9.17) is 0 Å². The van der Waals surface area contributed by atoms with Gasteiger partial charge in [-0.05, 0) is 51.7 Å². The number of nitrogens with zero attached hydrogens (tertiary/aromatic N) is 4. The minimum atomic E-state index is -0.120. The van der Waals surface area contributed by atoms with Gasteiger partial charge in [-0.1, -0.05) is 13.8 Å². The first-order valence-corrected chi connectivity index (χ1v) is 9.28. The van der Waals surface area contributed by atoms with Crippen molar-refractivity contribution in [1.29, 1.82) is 0 Å². The molecule has 7 heteroatoms. The van der Waals surface area contributed by atoms with Crippen molar-refractivity contribution in [1.82, 2.24) is 30.2 Å². The van der Waals surface area contributed by atoms with E-state index in [-0.39, 0.29) is 6.03 Å². The first kappa shape index (κ1) is 20.0. The zero-order chi connectivity index (χ0) is 19.3. The van der Waals surface area contributed by atoms with Gasteiger partial charge in [0, 0.05) is 37.6 Å². The lowest BCUT2D eigenvalue weighted by Crippen LogP contribution is -2.40. The zero-order valence-electron chi connectivity index (χ0n) is 16.8. The zero-order valence-corrected chi connectivity index (χ0v) is 16.8. The molecule has 2 amide bonds. The number of carbonyl (C=O) groups is 1. The van der Waals surface area contributed by atoms with Crippen LogP contribution in [0.3, 0.4) is 0 Å². The number of hydrogen-bond donors (Lipinski definition) is 2. The first-order valence-electron chi connectivity index (χ1n) is 9.28. The van der Waals surface area contributed by atoms with Crippen molar-refractivity contribution in [3.8, 4) is 0 Å². The Kier molecular flexibility index (Phi) is 6.83. The Labute approximate surface area is 156 Å². The van der Waals surface area contributed by atoms with Crippen LogP contribution in [0.5, 0.6) is 0 Å². The van der Waals surface area contributed by atoms with E-state index in [9.17, 15) is 4.79 Å². The average molecular weight is 361 g/mol. The van der Waals surface area contributed by atoms with Crippen LogP contribution in [-0.4, -0.2) is 38.7 Å². The van der Waals surface area contributed by atoms with Crippen molar-refractivity contribution in [3.05, 3.63) is 34.9 Å². The first-order chi connectivity index (χ1) is 12.2. The van der Waals surface area contributed by atoms with E-state index >= 15 is 0 Å². The van der Waals surface area contributed by atoms with E-state index in [2.05, 4.69) is 60.7 Å². The molecule has 2 rings (SSSR count).